The Morgan fingerprint density at radius 3 is 2.27 bits per heavy atom. The first-order chi connectivity index (χ1) is 14.7. The Bertz CT molecular complexity index is 754. The first-order valence-corrected chi connectivity index (χ1v) is 11.9. The second kappa shape index (κ2) is 12.0. The van der Waals surface area contributed by atoms with Crippen molar-refractivity contribution in [1.82, 2.24) is 10.2 Å². The molecule has 0 spiro atoms. The zero-order valence-electron chi connectivity index (χ0n) is 18.7. The Balaban J connectivity index is 1.48. The number of rotatable bonds is 11. The normalized spacial score (nSPS) is 19.0. The molecule has 1 aliphatic rings. The summed E-state index contributed by atoms with van der Waals surface area (Å²) >= 11 is 0. The van der Waals surface area contributed by atoms with Crippen molar-refractivity contribution in [1.29, 1.82) is 0 Å². The van der Waals surface area contributed by atoms with Crippen LogP contribution in [0, 0.1) is 17.7 Å². The number of benzene rings is 1. The van der Waals surface area contributed by atoms with Gasteiger partial charge in [-0.2, -0.15) is 10.2 Å². The summed E-state index contributed by atoms with van der Waals surface area (Å²) in [6.07, 6.45) is 13.8. The van der Waals surface area contributed by atoms with Gasteiger partial charge in [-0.15, -0.1) is 0 Å². The van der Waals surface area contributed by atoms with Crippen LogP contribution in [0.25, 0.3) is 11.3 Å². The minimum Gasteiger partial charge on any atom is -0.493 e. The van der Waals surface area contributed by atoms with E-state index in [4.69, 9.17) is 4.74 Å². The van der Waals surface area contributed by atoms with E-state index in [2.05, 4.69) is 24.0 Å². The van der Waals surface area contributed by atoms with Gasteiger partial charge in [-0.3, -0.25) is 0 Å². The van der Waals surface area contributed by atoms with Crippen molar-refractivity contribution in [2.75, 3.05) is 6.61 Å². The van der Waals surface area contributed by atoms with E-state index in [1.54, 1.807) is 12.1 Å². The molecule has 4 heteroatoms. The van der Waals surface area contributed by atoms with E-state index >= 15 is 0 Å². The molecule has 3 rings (SSSR count). The van der Waals surface area contributed by atoms with Crippen LogP contribution in [-0.4, -0.2) is 16.8 Å². The smallest absolute Gasteiger partial charge is 0.136 e. The number of aryl methyl sites for hydroxylation is 1. The third kappa shape index (κ3) is 6.78. The van der Waals surface area contributed by atoms with Crippen molar-refractivity contribution in [2.24, 2.45) is 11.8 Å². The zero-order chi connectivity index (χ0) is 21.2. The minimum absolute atomic E-state index is 0.314. The van der Waals surface area contributed by atoms with Gasteiger partial charge >= 0.3 is 0 Å². The molecule has 2 aromatic rings. The molecular weight excluding hydrogens is 375 g/mol. The Kier molecular flexibility index (Phi) is 9.10. The number of aromatic nitrogens is 2. The van der Waals surface area contributed by atoms with Crippen LogP contribution in [0.5, 0.6) is 5.75 Å². The number of nitrogens with zero attached hydrogens (tertiary/aromatic N) is 2. The molecule has 1 fully saturated rings. The van der Waals surface area contributed by atoms with Crippen LogP contribution in [0.4, 0.5) is 4.39 Å². The molecule has 30 heavy (non-hydrogen) atoms. The molecule has 164 valence electrons. The monoisotopic (exact) mass is 412 g/mol. The summed E-state index contributed by atoms with van der Waals surface area (Å²) in [5.41, 5.74) is 2.06. The zero-order valence-corrected chi connectivity index (χ0v) is 18.7. The van der Waals surface area contributed by atoms with E-state index in [1.807, 2.05) is 12.1 Å². The number of ether oxygens (including phenoxy) is 1. The second-order valence-corrected chi connectivity index (χ2v) is 8.82. The fraction of sp³-hybridized carbons (Fsp3) is 0.615. The fourth-order valence-corrected chi connectivity index (χ4v) is 4.42. The minimum atomic E-state index is -0.314. The van der Waals surface area contributed by atoms with Gasteiger partial charge in [0.15, 0.2) is 0 Å². The molecule has 0 atom stereocenters. The summed E-state index contributed by atoms with van der Waals surface area (Å²) in [5.74, 6) is 2.03. The van der Waals surface area contributed by atoms with Crippen molar-refractivity contribution in [2.45, 2.75) is 84.5 Å². The Labute approximate surface area is 181 Å². The third-order valence-corrected chi connectivity index (χ3v) is 6.44. The number of halogens is 1. The van der Waals surface area contributed by atoms with E-state index in [-0.39, 0.29) is 5.82 Å². The fourth-order valence-electron chi connectivity index (χ4n) is 4.42. The molecule has 0 amide bonds. The predicted molar refractivity (Wildman–Crippen MR) is 121 cm³/mol. The van der Waals surface area contributed by atoms with Gasteiger partial charge in [-0.05, 0) is 55.4 Å². The van der Waals surface area contributed by atoms with Crippen molar-refractivity contribution in [3.8, 4) is 17.0 Å². The van der Waals surface area contributed by atoms with E-state index in [9.17, 15) is 4.39 Å². The maximum absolute atomic E-state index is 14.5. The summed E-state index contributed by atoms with van der Waals surface area (Å²) in [7, 11) is 0. The molecule has 3 nitrogen and oxygen atoms in total. The van der Waals surface area contributed by atoms with E-state index in [1.165, 1.54) is 57.4 Å². The summed E-state index contributed by atoms with van der Waals surface area (Å²) in [5, 5.41) is 8.66. The number of hydrogen-bond donors (Lipinski definition) is 0. The van der Waals surface area contributed by atoms with E-state index in [0.29, 0.717) is 23.6 Å². The van der Waals surface area contributed by atoms with Gasteiger partial charge in [-0.25, -0.2) is 4.39 Å². The SMILES string of the molecule is CCCCOc1ccc(-c2ccc(CCC3CCC(CCCC)CC3)nn2)c(F)c1. The lowest BCUT2D eigenvalue weighted by Crippen LogP contribution is -2.15. The lowest BCUT2D eigenvalue weighted by molar-refractivity contribution is 0.249. The van der Waals surface area contributed by atoms with E-state index in [0.717, 1.165) is 36.8 Å². The number of unbranched alkanes of at least 4 members (excludes halogenated alkanes) is 2. The van der Waals surface area contributed by atoms with Crippen molar-refractivity contribution in [3.05, 3.63) is 41.8 Å². The van der Waals surface area contributed by atoms with Gasteiger partial charge in [-0.1, -0.05) is 65.2 Å². The average molecular weight is 413 g/mol. The molecule has 1 saturated carbocycles. The Hall–Kier alpha value is -1.97. The lowest BCUT2D eigenvalue weighted by Gasteiger charge is -2.28. The third-order valence-electron chi connectivity index (χ3n) is 6.44. The van der Waals surface area contributed by atoms with Crippen LogP contribution >= 0.6 is 0 Å². The maximum atomic E-state index is 14.5. The molecule has 1 heterocycles. The van der Waals surface area contributed by atoms with E-state index < -0.39 is 0 Å². The summed E-state index contributed by atoms with van der Waals surface area (Å²) in [6, 6.07) is 8.87. The molecule has 1 aromatic heterocycles. The molecule has 0 unspecified atom stereocenters. The van der Waals surface area contributed by atoms with Crippen molar-refractivity contribution >= 4 is 0 Å². The molecule has 0 saturated heterocycles. The standard InChI is InChI=1S/C26H37FN2O/c1-3-5-7-20-8-10-21(11-9-20)12-13-22-14-17-26(29-28-22)24-16-15-23(19-25(24)27)30-18-6-4-2/h14-17,19-21H,3-13,18H2,1-2H3. The highest BCUT2D eigenvalue weighted by atomic mass is 19.1. The van der Waals surface area contributed by atoms with Crippen LogP contribution < -0.4 is 4.74 Å². The highest BCUT2D eigenvalue weighted by Gasteiger charge is 2.20. The summed E-state index contributed by atoms with van der Waals surface area (Å²) < 4.78 is 20.1. The van der Waals surface area contributed by atoms with Gasteiger partial charge in [0.25, 0.3) is 0 Å². The molecule has 0 aliphatic heterocycles. The topological polar surface area (TPSA) is 35.0 Å². The first-order valence-electron chi connectivity index (χ1n) is 11.9. The second-order valence-electron chi connectivity index (χ2n) is 8.82. The van der Waals surface area contributed by atoms with Gasteiger partial charge in [0, 0.05) is 11.6 Å². The molecular formula is C26H37FN2O. The van der Waals surface area contributed by atoms with Crippen LogP contribution in [0.2, 0.25) is 0 Å². The average Bonchev–Trinajstić information content (AvgIpc) is 2.78. The Morgan fingerprint density at radius 2 is 1.63 bits per heavy atom. The van der Waals surface area contributed by atoms with Crippen LogP contribution in [0.15, 0.2) is 30.3 Å². The maximum Gasteiger partial charge on any atom is 0.136 e. The quantitative estimate of drug-likeness (QED) is 0.361. The predicted octanol–water partition coefficient (Wildman–Crippen LogP) is 7.39. The summed E-state index contributed by atoms with van der Waals surface area (Å²) in [6.45, 7) is 5.00. The van der Waals surface area contributed by atoms with Crippen molar-refractivity contribution < 1.29 is 9.13 Å². The summed E-state index contributed by atoms with van der Waals surface area (Å²) in [4.78, 5) is 0. The van der Waals surface area contributed by atoms with Gasteiger partial charge in [0.2, 0.25) is 0 Å². The molecule has 0 N–H and O–H groups in total. The largest absolute Gasteiger partial charge is 0.493 e. The van der Waals surface area contributed by atoms with Gasteiger partial charge in [0.05, 0.1) is 18.0 Å². The van der Waals surface area contributed by atoms with Gasteiger partial charge < -0.3 is 4.74 Å². The lowest BCUT2D eigenvalue weighted by atomic mass is 9.78. The first kappa shape index (κ1) is 22.7. The van der Waals surface area contributed by atoms with Crippen LogP contribution in [-0.2, 0) is 6.42 Å². The van der Waals surface area contributed by atoms with Crippen LogP contribution in [0.1, 0.15) is 83.7 Å². The molecule has 1 aromatic carbocycles. The highest BCUT2D eigenvalue weighted by molar-refractivity contribution is 5.60. The highest BCUT2D eigenvalue weighted by Crippen LogP contribution is 2.34. The number of hydrogen-bond acceptors (Lipinski definition) is 3. The molecule has 0 radical (unpaired) electrons. The molecule has 1 aliphatic carbocycles. The van der Waals surface area contributed by atoms with Crippen LogP contribution in [0.3, 0.4) is 0 Å². The molecule has 0 bridgehead atoms. The Morgan fingerprint density at radius 1 is 0.900 bits per heavy atom. The van der Waals surface area contributed by atoms with Gasteiger partial charge in [0.1, 0.15) is 11.6 Å². The van der Waals surface area contributed by atoms with Crippen molar-refractivity contribution in [3.63, 3.8) is 0 Å².